The van der Waals surface area contributed by atoms with Crippen LogP contribution in [0.4, 0.5) is 0 Å². The molecule has 0 saturated heterocycles. The molecule has 3 N–H and O–H groups in total. The molecule has 0 aliphatic carbocycles. The molecule has 5 heteroatoms. The maximum absolute atomic E-state index is 12.0. The van der Waals surface area contributed by atoms with E-state index in [1.165, 1.54) is 6.92 Å². The summed E-state index contributed by atoms with van der Waals surface area (Å²) in [5, 5.41) is 15.3. The Kier molecular flexibility index (Phi) is 5.49. The first kappa shape index (κ1) is 17.2. The molecule has 1 unspecified atom stereocenters. The van der Waals surface area contributed by atoms with Crippen LogP contribution in [0, 0.1) is 0 Å². The van der Waals surface area contributed by atoms with Gasteiger partial charge in [-0.05, 0) is 33.3 Å². The zero-order chi connectivity index (χ0) is 16.1. The Morgan fingerprint density at radius 2 is 1.67 bits per heavy atom. The van der Waals surface area contributed by atoms with E-state index in [-0.39, 0.29) is 17.9 Å². The van der Waals surface area contributed by atoms with Crippen LogP contribution >= 0.6 is 0 Å². The minimum Gasteiger partial charge on any atom is -0.479 e. The fourth-order valence-electron chi connectivity index (χ4n) is 1.91. The fraction of sp³-hybridized carbons (Fsp3) is 0.500. The van der Waals surface area contributed by atoms with E-state index < -0.39 is 11.5 Å². The number of carbonyl (C=O) groups is 2. The quantitative estimate of drug-likeness (QED) is 0.748. The van der Waals surface area contributed by atoms with E-state index in [2.05, 4.69) is 10.6 Å². The minimum atomic E-state index is -1.42. The Morgan fingerprint density at radius 1 is 1.10 bits per heavy atom. The third-order valence-electron chi connectivity index (χ3n) is 3.18. The molecule has 0 aliphatic heterocycles. The summed E-state index contributed by atoms with van der Waals surface area (Å²) in [6.07, 6.45) is 0.229. The molecule has 0 spiro atoms. The summed E-state index contributed by atoms with van der Waals surface area (Å²) in [5.74, 6) is -1.37. The van der Waals surface area contributed by atoms with Gasteiger partial charge in [-0.3, -0.25) is 4.79 Å². The van der Waals surface area contributed by atoms with E-state index in [1.54, 1.807) is 30.3 Å². The lowest BCUT2D eigenvalue weighted by Gasteiger charge is -2.27. The first-order chi connectivity index (χ1) is 9.65. The summed E-state index contributed by atoms with van der Waals surface area (Å²) in [6.45, 7) is 8.03. The molecule has 0 radical (unpaired) electrons. The maximum atomic E-state index is 12.0. The SMILES string of the molecule is CC(C)(C)NCCC(=O)NC(C)(C(=O)O)c1ccccc1. The zero-order valence-electron chi connectivity index (χ0n) is 13.1. The van der Waals surface area contributed by atoms with E-state index in [0.29, 0.717) is 12.1 Å². The van der Waals surface area contributed by atoms with Crippen LogP contribution in [0.5, 0.6) is 0 Å². The molecule has 0 aromatic heterocycles. The van der Waals surface area contributed by atoms with Crippen LogP contribution in [0.15, 0.2) is 30.3 Å². The standard InChI is InChI=1S/C16H24N2O3/c1-15(2,3)17-11-10-13(19)18-16(4,14(20)21)12-8-6-5-7-9-12/h5-9,17H,10-11H2,1-4H3,(H,18,19)(H,20,21). The number of carbonyl (C=O) groups excluding carboxylic acids is 1. The highest BCUT2D eigenvalue weighted by Gasteiger charge is 2.36. The van der Waals surface area contributed by atoms with Crippen molar-refractivity contribution in [3.63, 3.8) is 0 Å². The fourth-order valence-corrected chi connectivity index (χ4v) is 1.91. The number of rotatable bonds is 6. The second-order valence-electron chi connectivity index (χ2n) is 6.27. The van der Waals surface area contributed by atoms with Crippen molar-refractivity contribution in [3.8, 4) is 0 Å². The average molecular weight is 292 g/mol. The van der Waals surface area contributed by atoms with Crippen molar-refractivity contribution in [2.75, 3.05) is 6.54 Å². The van der Waals surface area contributed by atoms with Gasteiger partial charge in [0.05, 0.1) is 0 Å². The van der Waals surface area contributed by atoms with Gasteiger partial charge in [0.15, 0.2) is 5.54 Å². The highest BCUT2D eigenvalue weighted by atomic mass is 16.4. The van der Waals surface area contributed by atoms with Gasteiger partial charge in [0.2, 0.25) is 5.91 Å². The molecule has 1 amide bonds. The molecule has 5 nitrogen and oxygen atoms in total. The van der Waals surface area contributed by atoms with Crippen LogP contribution in [0.2, 0.25) is 0 Å². The first-order valence-electron chi connectivity index (χ1n) is 7.00. The van der Waals surface area contributed by atoms with Crippen LogP contribution in [0.1, 0.15) is 39.7 Å². The Morgan fingerprint density at radius 3 is 2.14 bits per heavy atom. The molecule has 0 heterocycles. The van der Waals surface area contributed by atoms with Gasteiger partial charge in [-0.2, -0.15) is 0 Å². The van der Waals surface area contributed by atoms with Gasteiger partial charge in [0.1, 0.15) is 0 Å². The Balaban J connectivity index is 2.72. The van der Waals surface area contributed by atoms with Gasteiger partial charge in [0.25, 0.3) is 0 Å². The summed E-state index contributed by atoms with van der Waals surface area (Å²) in [5.41, 5.74) is -0.940. The molecule has 21 heavy (non-hydrogen) atoms. The Bertz CT molecular complexity index is 494. The van der Waals surface area contributed by atoms with Crippen LogP contribution < -0.4 is 10.6 Å². The topological polar surface area (TPSA) is 78.4 Å². The lowest BCUT2D eigenvalue weighted by molar-refractivity contribution is -0.147. The number of aliphatic carboxylic acids is 1. The number of nitrogens with one attached hydrogen (secondary N) is 2. The first-order valence-corrected chi connectivity index (χ1v) is 7.00. The highest BCUT2D eigenvalue weighted by Crippen LogP contribution is 2.21. The van der Waals surface area contributed by atoms with Crippen molar-refractivity contribution in [1.29, 1.82) is 0 Å². The lowest BCUT2D eigenvalue weighted by atomic mass is 9.92. The molecule has 1 aromatic rings. The molecule has 0 saturated carbocycles. The second kappa shape index (κ2) is 6.72. The summed E-state index contributed by atoms with van der Waals surface area (Å²) in [6, 6.07) is 8.71. The predicted molar refractivity (Wildman–Crippen MR) is 81.9 cm³/mol. The number of hydrogen-bond acceptors (Lipinski definition) is 3. The van der Waals surface area contributed by atoms with Gasteiger partial charge >= 0.3 is 5.97 Å². The van der Waals surface area contributed by atoms with Crippen LogP contribution in [0.25, 0.3) is 0 Å². The molecular formula is C16H24N2O3. The van der Waals surface area contributed by atoms with Crippen LogP contribution in [-0.2, 0) is 15.1 Å². The largest absolute Gasteiger partial charge is 0.479 e. The molecule has 116 valence electrons. The highest BCUT2D eigenvalue weighted by molar-refractivity contribution is 5.87. The monoisotopic (exact) mass is 292 g/mol. The third-order valence-corrected chi connectivity index (χ3v) is 3.18. The summed E-state index contributed by atoms with van der Waals surface area (Å²) in [7, 11) is 0. The molecule has 0 bridgehead atoms. The number of carboxylic acids is 1. The van der Waals surface area contributed by atoms with Gasteiger partial charge in [-0.15, -0.1) is 0 Å². The van der Waals surface area contributed by atoms with Gasteiger partial charge in [-0.1, -0.05) is 30.3 Å². The van der Waals surface area contributed by atoms with Gasteiger partial charge in [0, 0.05) is 18.5 Å². The predicted octanol–water partition coefficient (Wildman–Crippen LogP) is 1.88. The van der Waals surface area contributed by atoms with Crippen molar-refractivity contribution < 1.29 is 14.7 Å². The normalized spacial score (nSPS) is 14.3. The number of hydrogen-bond donors (Lipinski definition) is 3. The van der Waals surface area contributed by atoms with E-state index in [9.17, 15) is 14.7 Å². The third kappa shape index (κ3) is 5.19. The molecule has 0 fully saturated rings. The van der Waals surface area contributed by atoms with E-state index in [4.69, 9.17) is 0 Å². The van der Waals surface area contributed by atoms with Crippen molar-refractivity contribution in [1.82, 2.24) is 10.6 Å². The second-order valence-corrected chi connectivity index (χ2v) is 6.27. The Hall–Kier alpha value is -1.88. The van der Waals surface area contributed by atoms with Gasteiger partial charge < -0.3 is 15.7 Å². The van der Waals surface area contributed by atoms with Crippen molar-refractivity contribution in [3.05, 3.63) is 35.9 Å². The van der Waals surface area contributed by atoms with Crippen molar-refractivity contribution >= 4 is 11.9 Å². The van der Waals surface area contributed by atoms with Gasteiger partial charge in [-0.25, -0.2) is 4.79 Å². The molecule has 1 rings (SSSR count). The van der Waals surface area contributed by atoms with Crippen LogP contribution in [0.3, 0.4) is 0 Å². The summed E-state index contributed by atoms with van der Waals surface area (Å²) >= 11 is 0. The smallest absolute Gasteiger partial charge is 0.333 e. The van der Waals surface area contributed by atoms with E-state index >= 15 is 0 Å². The molecule has 0 aliphatic rings. The lowest BCUT2D eigenvalue weighted by Crippen LogP contribution is -2.50. The molecular weight excluding hydrogens is 268 g/mol. The number of carboxylic acid groups (broad SMARTS) is 1. The number of benzene rings is 1. The number of amides is 1. The molecule has 1 atom stereocenters. The summed E-state index contributed by atoms with van der Waals surface area (Å²) < 4.78 is 0. The molecule has 1 aromatic carbocycles. The summed E-state index contributed by atoms with van der Waals surface area (Å²) in [4.78, 5) is 23.6. The minimum absolute atomic E-state index is 0.0736. The van der Waals surface area contributed by atoms with E-state index in [1.807, 2.05) is 20.8 Å². The zero-order valence-corrected chi connectivity index (χ0v) is 13.1. The average Bonchev–Trinajstić information content (AvgIpc) is 2.37. The van der Waals surface area contributed by atoms with Crippen molar-refractivity contribution in [2.45, 2.75) is 45.2 Å². The van der Waals surface area contributed by atoms with Crippen molar-refractivity contribution in [2.24, 2.45) is 0 Å². The van der Waals surface area contributed by atoms with E-state index in [0.717, 1.165) is 0 Å². The Labute approximate surface area is 125 Å². The maximum Gasteiger partial charge on any atom is 0.333 e. The van der Waals surface area contributed by atoms with Crippen LogP contribution in [-0.4, -0.2) is 29.1 Å².